The highest BCUT2D eigenvalue weighted by molar-refractivity contribution is 9.11. The molecule has 0 radical (unpaired) electrons. The van der Waals surface area contributed by atoms with Crippen molar-refractivity contribution in [3.8, 4) is 33.4 Å². The number of hydrogen-bond acceptors (Lipinski definition) is 4. The third kappa shape index (κ3) is 10.8. The Kier molecular flexibility index (Phi) is 17.9. The van der Waals surface area contributed by atoms with E-state index in [4.69, 9.17) is 9.97 Å². The molecule has 7 heterocycles. The molecule has 0 unspecified atom stereocenters. The van der Waals surface area contributed by atoms with E-state index < -0.39 is 0 Å². The first-order chi connectivity index (χ1) is 32.7. The summed E-state index contributed by atoms with van der Waals surface area (Å²) < 4.78 is 1.27. The lowest BCUT2D eigenvalue weighted by atomic mass is 9.94. The molecule has 0 saturated carbocycles. The summed E-state index contributed by atoms with van der Waals surface area (Å²) in [6.07, 6.45) is 19.4. The molecule has 0 aliphatic carbocycles. The van der Waals surface area contributed by atoms with E-state index in [0.717, 1.165) is 108 Å². The maximum Gasteiger partial charge on any atom is 0.0851 e. The monoisotopic (exact) mass is 992 g/mol. The lowest BCUT2D eigenvalue weighted by Gasteiger charge is -2.08. The molecule has 0 fully saturated rings. The third-order valence-electron chi connectivity index (χ3n) is 13.9. The predicted octanol–water partition coefficient (Wildman–Crippen LogP) is 18.2. The quantitative estimate of drug-likeness (QED) is 0.0640. The van der Waals surface area contributed by atoms with Crippen molar-refractivity contribution in [1.82, 2.24) is 19.9 Å². The number of allylic oxidation sites excluding steroid dienone is 4. The van der Waals surface area contributed by atoms with E-state index in [2.05, 4.69) is 149 Å². The van der Waals surface area contributed by atoms with Crippen LogP contribution in [0.25, 0.3) is 54.1 Å². The van der Waals surface area contributed by atoms with E-state index in [-0.39, 0.29) is 0 Å². The molecule has 2 N–H and O–H groups in total. The van der Waals surface area contributed by atoms with Gasteiger partial charge in [0, 0.05) is 31.8 Å². The van der Waals surface area contributed by atoms with Gasteiger partial charge in [-0.25, -0.2) is 9.97 Å². The first kappa shape index (κ1) is 50.5. The number of nitrogens with zero attached hydrogens (tertiary/aromatic N) is 2. The number of H-pyrrole nitrogens is 2. The summed E-state index contributed by atoms with van der Waals surface area (Å²) in [7, 11) is 0. The van der Waals surface area contributed by atoms with Gasteiger partial charge in [0.15, 0.2) is 0 Å². The second-order valence-corrected chi connectivity index (χ2v) is 21.5. The lowest BCUT2D eigenvalue weighted by molar-refractivity contribution is 0.667. The van der Waals surface area contributed by atoms with Crippen molar-refractivity contribution in [2.24, 2.45) is 0 Å². The van der Waals surface area contributed by atoms with Crippen molar-refractivity contribution in [1.29, 1.82) is 0 Å². The molecule has 5 aromatic heterocycles. The summed E-state index contributed by atoms with van der Waals surface area (Å²) >= 11 is 7.62. The molecular formula is C60H73BrN4S2. The molecule has 7 rings (SSSR count). The molecule has 0 spiro atoms. The Bertz CT molecular complexity index is 2830. The Morgan fingerprint density at radius 3 is 1.36 bits per heavy atom. The summed E-state index contributed by atoms with van der Waals surface area (Å²) in [6.45, 7) is 22.7. The van der Waals surface area contributed by atoms with Gasteiger partial charge in [-0.05, 0) is 203 Å². The van der Waals surface area contributed by atoms with Gasteiger partial charge in [0.05, 0.1) is 37.0 Å². The van der Waals surface area contributed by atoms with E-state index in [0.29, 0.717) is 0 Å². The zero-order valence-electron chi connectivity index (χ0n) is 42.2. The zero-order valence-corrected chi connectivity index (χ0v) is 45.4. The minimum Gasteiger partial charge on any atom is -0.355 e. The summed E-state index contributed by atoms with van der Waals surface area (Å²) in [4.78, 5) is 22.8. The SMILES string of the molecule is CCCCCCc1cc(-c2cc(CCCCCC)c(C#CC#Cc3c4nc(cc5[nH]c(cc6[nH]c(cc7nc3C(CC)=C7CC)c(CC)c6CC)c(CC)c5CC)C(CC)=C4CC)s2)sc1Br. The van der Waals surface area contributed by atoms with Crippen LogP contribution in [0.3, 0.4) is 0 Å². The normalized spacial score (nSPS) is 12.5. The Morgan fingerprint density at radius 2 is 0.896 bits per heavy atom. The molecule has 2 aliphatic heterocycles. The Morgan fingerprint density at radius 1 is 0.463 bits per heavy atom. The number of hydrogen-bond donors (Lipinski definition) is 2. The molecule has 2 aliphatic rings. The Labute approximate surface area is 419 Å². The molecule has 0 aromatic carbocycles. The van der Waals surface area contributed by atoms with Crippen LogP contribution < -0.4 is 0 Å². The number of thiophene rings is 2. The van der Waals surface area contributed by atoms with Gasteiger partial charge >= 0.3 is 0 Å². The Hall–Kier alpha value is -4.40. The van der Waals surface area contributed by atoms with Crippen molar-refractivity contribution >= 4 is 83.0 Å². The highest BCUT2D eigenvalue weighted by atomic mass is 79.9. The number of halogens is 1. The van der Waals surface area contributed by atoms with Crippen molar-refractivity contribution in [2.45, 2.75) is 185 Å². The van der Waals surface area contributed by atoms with Crippen molar-refractivity contribution in [2.75, 3.05) is 0 Å². The summed E-state index contributed by atoms with van der Waals surface area (Å²) in [6, 6.07) is 11.8. The summed E-state index contributed by atoms with van der Waals surface area (Å²) in [5.41, 5.74) is 22.9. The van der Waals surface area contributed by atoms with E-state index in [1.807, 2.05) is 22.7 Å². The highest BCUT2D eigenvalue weighted by Gasteiger charge is 2.27. The van der Waals surface area contributed by atoms with E-state index in [9.17, 15) is 0 Å². The van der Waals surface area contributed by atoms with E-state index in [1.165, 1.54) is 132 Å². The van der Waals surface area contributed by atoms with Gasteiger partial charge < -0.3 is 9.97 Å². The molecular weight excluding hydrogens is 921 g/mol. The standard InChI is InChI=1S/C60H73BrN4S2/c1-11-21-23-25-29-38-33-56(57-34-39(60(61)67-57)30-26-24-22-12-2)66-55(38)32-28-27-31-48-58-46(19-9)44(17-7)53(64-58)36-51-42(15-5)40(13-3)49(62-51)35-50-41(14-4)43(16-6)52(63-50)37-54-45(18-8)47(20-10)59(48)65-54/h33-37,62-63H,11-26,29-30H2,1-10H3. The molecule has 7 heteroatoms. The topological polar surface area (TPSA) is 57.4 Å². The molecule has 0 amide bonds. The van der Waals surface area contributed by atoms with Crippen LogP contribution in [0.4, 0.5) is 0 Å². The van der Waals surface area contributed by atoms with Crippen LogP contribution in [0, 0.1) is 23.7 Å². The number of fused-ring (bicyclic) bond motifs is 8. The first-order valence-corrected chi connectivity index (χ1v) is 28.3. The van der Waals surface area contributed by atoms with Crippen LogP contribution >= 0.6 is 38.6 Å². The number of aromatic nitrogens is 4. The summed E-state index contributed by atoms with van der Waals surface area (Å²) in [5, 5.41) is 0. The number of rotatable bonds is 19. The molecule has 67 heavy (non-hydrogen) atoms. The third-order valence-corrected chi connectivity index (χ3v) is 17.2. The van der Waals surface area contributed by atoms with Gasteiger partial charge in [-0.1, -0.05) is 108 Å². The van der Waals surface area contributed by atoms with E-state index >= 15 is 0 Å². The van der Waals surface area contributed by atoms with Crippen LogP contribution in [0.15, 0.2) is 34.1 Å². The smallest absolute Gasteiger partial charge is 0.0851 e. The van der Waals surface area contributed by atoms with Crippen LogP contribution in [0.1, 0.15) is 213 Å². The minimum absolute atomic E-state index is 0.853. The fourth-order valence-corrected chi connectivity index (χ4v) is 13.4. The maximum atomic E-state index is 5.60. The average Bonchev–Trinajstić information content (AvgIpc) is 4.19. The van der Waals surface area contributed by atoms with Gasteiger partial charge in [-0.15, -0.1) is 22.7 Å². The highest BCUT2D eigenvalue weighted by Crippen LogP contribution is 2.43. The van der Waals surface area contributed by atoms with Gasteiger partial charge in [-0.3, -0.25) is 0 Å². The molecule has 5 aromatic rings. The van der Waals surface area contributed by atoms with Crippen molar-refractivity contribution in [3.63, 3.8) is 0 Å². The summed E-state index contributed by atoms with van der Waals surface area (Å²) in [5.74, 6) is 14.2. The number of unbranched alkanes of at least 4 members (excludes halogenated alkanes) is 6. The minimum atomic E-state index is 0.853. The van der Waals surface area contributed by atoms with Crippen molar-refractivity contribution < 1.29 is 0 Å². The molecule has 352 valence electrons. The predicted molar refractivity (Wildman–Crippen MR) is 298 cm³/mol. The van der Waals surface area contributed by atoms with Crippen LogP contribution in [-0.4, -0.2) is 19.9 Å². The lowest BCUT2D eigenvalue weighted by Crippen LogP contribution is -1.95. The number of nitrogens with one attached hydrogen (secondary N) is 2. The average molecular weight is 994 g/mol. The fourth-order valence-electron chi connectivity index (χ4n) is 10.5. The number of aromatic amines is 2. The van der Waals surface area contributed by atoms with Crippen LogP contribution in [0.5, 0.6) is 0 Å². The second kappa shape index (κ2) is 23.7. The van der Waals surface area contributed by atoms with E-state index in [1.54, 1.807) is 0 Å². The second-order valence-electron chi connectivity index (χ2n) is 18.1. The van der Waals surface area contributed by atoms with Crippen LogP contribution in [-0.2, 0) is 38.5 Å². The molecule has 4 nitrogen and oxygen atoms in total. The van der Waals surface area contributed by atoms with Gasteiger partial charge in [0.2, 0.25) is 0 Å². The van der Waals surface area contributed by atoms with Gasteiger partial charge in [0.1, 0.15) is 0 Å². The largest absolute Gasteiger partial charge is 0.355 e. The molecule has 8 bridgehead atoms. The van der Waals surface area contributed by atoms with Gasteiger partial charge in [-0.2, -0.15) is 0 Å². The Balaban J connectivity index is 1.48. The molecule has 0 saturated heterocycles. The molecule has 0 atom stereocenters. The maximum absolute atomic E-state index is 5.60. The first-order valence-electron chi connectivity index (χ1n) is 25.9. The van der Waals surface area contributed by atoms with Gasteiger partial charge in [0.25, 0.3) is 0 Å². The van der Waals surface area contributed by atoms with Crippen LogP contribution in [0.2, 0.25) is 0 Å². The zero-order chi connectivity index (χ0) is 47.6. The number of aryl methyl sites for hydroxylation is 6. The fraction of sp³-hybridized carbons (Fsp3) is 0.467. The van der Waals surface area contributed by atoms with Crippen molar-refractivity contribution in [3.05, 3.63) is 101 Å².